The Labute approximate surface area is 420 Å². The van der Waals surface area contributed by atoms with Gasteiger partial charge in [0.05, 0.1) is 47.5 Å². The standard InChI is InChI=1S/C51H57ClN10O6S2/c1-28-30(3)70-50-42(28)43(33-15-17-35(52)18-16-33)57-39(46-60-59-31(4)62(46)50)24-41(64)53-20-22-68-21-19-36-9-8-10-38(56-36)47(65)58-45(51(5,6)7)49(67)61-26-37(63)23-40(61)48(66)54-25-32-11-13-34(14-12-32)44-29(2)55-27-69-44/h8-18,27,37,39-40,45,63H,19-26H2,1-7H3,(H,53,64)(H,54,66)(H,58,65)/t37-,39+,40+,45?/m1/s1. The van der Waals surface area contributed by atoms with Crippen molar-refractivity contribution < 1.29 is 29.0 Å². The van der Waals surface area contributed by atoms with E-state index in [1.807, 2.05) is 93.2 Å². The van der Waals surface area contributed by atoms with E-state index in [0.29, 0.717) is 28.8 Å². The normalized spacial score (nSPS) is 17.0. The summed E-state index contributed by atoms with van der Waals surface area (Å²) in [6.07, 6.45) is -0.392. The average molecular weight is 1010 g/mol. The van der Waals surface area contributed by atoms with Crippen LogP contribution in [0.5, 0.6) is 0 Å². The van der Waals surface area contributed by atoms with Crippen molar-refractivity contribution in [3.8, 4) is 15.4 Å². The van der Waals surface area contributed by atoms with E-state index >= 15 is 0 Å². The van der Waals surface area contributed by atoms with E-state index in [1.165, 1.54) is 4.90 Å². The molecule has 2 aliphatic heterocycles. The van der Waals surface area contributed by atoms with Gasteiger partial charge in [-0.3, -0.25) is 28.7 Å². The number of ether oxygens (including phenoxy) is 1. The van der Waals surface area contributed by atoms with Gasteiger partial charge in [-0.15, -0.1) is 32.9 Å². The van der Waals surface area contributed by atoms with E-state index in [2.05, 4.69) is 50.0 Å². The number of aliphatic hydroxyl groups excluding tert-OH is 1. The van der Waals surface area contributed by atoms with E-state index in [0.717, 1.165) is 54.0 Å². The minimum atomic E-state index is -1.03. The first kappa shape index (κ1) is 50.2. The van der Waals surface area contributed by atoms with Gasteiger partial charge < -0.3 is 30.7 Å². The van der Waals surface area contributed by atoms with E-state index in [9.17, 15) is 24.3 Å². The molecule has 0 bridgehead atoms. The van der Waals surface area contributed by atoms with Gasteiger partial charge in [-0.1, -0.05) is 74.8 Å². The van der Waals surface area contributed by atoms with Crippen molar-refractivity contribution in [1.29, 1.82) is 0 Å². The highest BCUT2D eigenvalue weighted by atomic mass is 35.5. The predicted molar refractivity (Wildman–Crippen MR) is 271 cm³/mol. The van der Waals surface area contributed by atoms with Crippen LogP contribution in [0, 0.1) is 33.1 Å². The Morgan fingerprint density at radius 2 is 1.69 bits per heavy atom. The Balaban J connectivity index is 0.829. The molecule has 4 amide bonds. The smallest absolute Gasteiger partial charge is 0.270 e. The predicted octanol–water partition coefficient (Wildman–Crippen LogP) is 6.81. The van der Waals surface area contributed by atoms with Gasteiger partial charge in [-0.25, -0.2) is 9.97 Å². The number of aliphatic hydroxyl groups is 1. The molecule has 4 atom stereocenters. The lowest BCUT2D eigenvalue weighted by atomic mass is 9.85. The van der Waals surface area contributed by atoms with Crippen molar-refractivity contribution in [3.05, 3.63) is 133 Å². The minimum absolute atomic E-state index is 0.0413. The maximum absolute atomic E-state index is 14.2. The number of rotatable bonds is 16. The molecule has 19 heteroatoms. The fourth-order valence-electron chi connectivity index (χ4n) is 8.65. The summed E-state index contributed by atoms with van der Waals surface area (Å²) in [5.74, 6) is -0.320. The molecule has 2 aliphatic rings. The molecule has 366 valence electrons. The van der Waals surface area contributed by atoms with Crippen molar-refractivity contribution in [2.24, 2.45) is 10.4 Å². The van der Waals surface area contributed by atoms with Crippen LogP contribution < -0.4 is 16.0 Å². The molecule has 16 nitrogen and oxygen atoms in total. The SMILES string of the molecule is Cc1ncsc1-c1ccc(CNC(=O)[C@@H]2C[C@@H](O)CN2C(=O)C(NC(=O)c2cccc(CCOCCNC(=O)C[C@@H]3N=C(c4ccc(Cl)cc4)c4c(sc(C)c4C)-n4c(C)nnc43)n2)C(C)(C)C)cc1. The summed E-state index contributed by atoms with van der Waals surface area (Å²) < 4.78 is 7.88. The highest BCUT2D eigenvalue weighted by molar-refractivity contribution is 7.15. The number of aliphatic imine (C=N–C) groups is 1. The number of halogens is 1. The first-order valence-electron chi connectivity index (χ1n) is 23.2. The number of nitrogens with one attached hydrogen (secondary N) is 3. The van der Waals surface area contributed by atoms with Gasteiger partial charge >= 0.3 is 0 Å². The molecule has 4 aromatic heterocycles. The van der Waals surface area contributed by atoms with Crippen molar-refractivity contribution in [2.45, 2.75) is 98.5 Å². The summed E-state index contributed by atoms with van der Waals surface area (Å²) in [6, 6.07) is 17.9. The van der Waals surface area contributed by atoms with Crippen LogP contribution in [0.1, 0.15) is 100 Å². The molecule has 0 aliphatic carbocycles. The van der Waals surface area contributed by atoms with Crippen LogP contribution in [0.25, 0.3) is 15.4 Å². The topological polar surface area (TPSA) is 206 Å². The fraction of sp³-hybridized carbons (Fsp3) is 0.392. The minimum Gasteiger partial charge on any atom is -0.391 e. The molecule has 4 N–H and O–H groups in total. The molecule has 70 heavy (non-hydrogen) atoms. The van der Waals surface area contributed by atoms with Crippen LogP contribution in [-0.4, -0.2) is 109 Å². The molecular formula is C51H57ClN10O6S2. The van der Waals surface area contributed by atoms with Gasteiger partial charge in [0.1, 0.15) is 34.6 Å². The van der Waals surface area contributed by atoms with Crippen LogP contribution in [0.4, 0.5) is 0 Å². The Morgan fingerprint density at radius 1 is 0.943 bits per heavy atom. The molecule has 0 saturated carbocycles. The average Bonchev–Trinajstić information content (AvgIpc) is 4.10. The monoisotopic (exact) mass is 1000 g/mol. The van der Waals surface area contributed by atoms with Crippen LogP contribution in [0.15, 0.2) is 77.2 Å². The van der Waals surface area contributed by atoms with Crippen LogP contribution in [0.3, 0.4) is 0 Å². The van der Waals surface area contributed by atoms with E-state index in [1.54, 1.807) is 40.9 Å². The van der Waals surface area contributed by atoms with Crippen LogP contribution in [-0.2, 0) is 32.1 Å². The number of β-amino-alcohol motifs (C(OH)–C–C–N with tert-alkyl or cyclic N) is 1. The Hall–Kier alpha value is -6.18. The number of hydrogen-bond acceptors (Lipinski definition) is 13. The summed E-state index contributed by atoms with van der Waals surface area (Å²) in [4.78, 5) is 72.7. The zero-order valence-electron chi connectivity index (χ0n) is 40.2. The number of hydrogen-bond donors (Lipinski definition) is 4. The van der Waals surface area contributed by atoms with Crippen LogP contribution in [0.2, 0.25) is 5.02 Å². The third kappa shape index (κ3) is 11.2. The molecule has 1 unspecified atom stereocenters. The summed E-state index contributed by atoms with van der Waals surface area (Å²) in [6.45, 7) is 14.5. The van der Waals surface area contributed by atoms with E-state index in [-0.39, 0.29) is 63.2 Å². The number of nitrogens with zero attached hydrogens (tertiary/aromatic N) is 7. The molecule has 0 spiro atoms. The van der Waals surface area contributed by atoms with Gasteiger partial charge in [0.15, 0.2) is 5.82 Å². The summed E-state index contributed by atoms with van der Waals surface area (Å²) in [5.41, 5.74) is 8.41. The lowest BCUT2D eigenvalue weighted by Crippen LogP contribution is -2.57. The maximum atomic E-state index is 14.2. The lowest BCUT2D eigenvalue weighted by Gasteiger charge is -2.35. The Bertz CT molecular complexity index is 2920. The number of carbonyl (C=O) groups excluding carboxylic acids is 4. The molecule has 6 heterocycles. The Morgan fingerprint density at radius 3 is 2.40 bits per heavy atom. The number of fused-ring (bicyclic) bond motifs is 3. The summed E-state index contributed by atoms with van der Waals surface area (Å²) >= 11 is 9.47. The van der Waals surface area contributed by atoms with Gasteiger partial charge in [-0.05, 0) is 74.1 Å². The number of pyridine rings is 1. The number of amides is 4. The molecule has 6 aromatic rings. The zero-order valence-corrected chi connectivity index (χ0v) is 42.6. The number of likely N-dealkylation sites (tertiary alicyclic amines) is 1. The number of aryl methyl sites for hydroxylation is 3. The summed E-state index contributed by atoms with van der Waals surface area (Å²) in [5, 5.41) is 29.9. The number of thiazole rings is 1. The molecule has 2 aromatic carbocycles. The highest BCUT2D eigenvalue weighted by Crippen LogP contribution is 2.40. The van der Waals surface area contributed by atoms with Gasteiger partial charge in [-0.2, -0.15) is 0 Å². The van der Waals surface area contributed by atoms with E-state index in [4.69, 9.17) is 21.3 Å². The van der Waals surface area contributed by atoms with Crippen molar-refractivity contribution in [2.75, 3.05) is 26.3 Å². The van der Waals surface area contributed by atoms with E-state index < -0.39 is 41.5 Å². The molecule has 1 saturated heterocycles. The number of aromatic nitrogens is 5. The Kier molecular flexibility index (Phi) is 15.4. The van der Waals surface area contributed by atoms with Crippen LogP contribution >= 0.6 is 34.3 Å². The molecule has 0 radical (unpaired) electrons. The molecular weight excluding hydrogens is 948 g/mol. The zero-order chi connectivity index (χ0) is 49.9. The largest absolute Gasteiger partial charge is 0.391 e. The first-order chi connectivity index (χ1) is 33.5. The second kappa shape index (κ2) is 21.4. The lowest BCUT2D eigenvalue weighted by molar-refractivity contribution is -0.142. The summed E-state index contributed by atoms with van der Waals surface area (Å²) in [7, 11) is 0. The van der Waals surface area contributed by atoms with Gasteiger partial charge in [0, 0.05) is 59.2 Å². The number of carbonyl (C=O) groups is 4. The number of benzene rings is 2. The third-order valence-corrected chi connectivity index (χ3v) is 14.9. The fourth-order valence-corrected chi connectivity index (χ4v) is 10.8. The second-order valence-electron chi connectivity index (χ2n) is 18.7. The van der Waals surface area contributed by atoms with Crippen molar-refractivity contribution >= 4 is 63.6 Å². The van der Waals surface area contributed by atoms with Crippen molar-refractivity contribution in [1.82, 2.24) is 45.6 Å². The first-order valence-corrected chi connectivity index (χ1v) is 25.3. The molecule has 1 fully saturated rings. The quantitative estimate of drug-likeness (QED) is 0.0745. The number of thiophene rings is 1. The second-order valence-corrected chi connectivity index (χ2v) is 21.2. The molecule has 8 rings (SSSR count). The third-order valence-electron chi connectivity index (χ3n) is 12.5. The van der Waals surface area contributed by atoms with Crippen molar-refractivity contribution in [3.63, 3.8) is 0 Å². The highest BCUT2D eigenvalue weighted by Gasteiger charge is 2.44. The van der Waals surface area contributed by atoms with Gasteiger partial charge in [0.25, 0.3) is 5.91 Å². The van der Waals surface area contributed by atoms with Gasteiger partial charge in [0.2, 0.25) is 17.7 Å². The maximum Gasteiger partial charge on any atom is 0.270 e.